The molecule has 0 saturated heterocycles. The first-order valence-corrected chi connectivity index (χ1v) is 9.14. The molecule has 0 N–H and O–H groups in total. The summed E-state index contributed by atoms with van der Waals surface area (Å²) in [6, 6.07) is 14.6. The van der Waals surface area contributed by atoms with E-state index in [-0.39, 0.29) is 0 Å². The van der Waals surface area contributed by atoms with Crippen LogP contribution in [-0.4, -0.2) is 12.8 Å². The quantitative estimate of drug-likeness (QED) is 0.601. The highest BCUT2D eigenvalue weighted by atomic mass is 16.5. The molecular formula is C22H27NO. The molecule has 126 valence electrons. The Morgan fingerprint density at radius 3 is 2.54 bits per heavy atom. The molecule has 24 heavy (non-hydrogen) atoms. The highest BCUT2D eigenvalue weighted by Crippen LogP contribution is 2.39. The maximum absolute atomic E-state index is 6.07. The number of aryl methyl sites for hydroxylation is 1. The minimum atomic E-state index is 0.629. The molecule has 0 radical (unpaired) electrons. The molecular weight excluding hydrogens is 294 g/mol. The van der Waals surface area contributed by atoms with E-state index in [9.17, 15) is 0 Å². The van der Waals surface area contributed by atoms with E-state index in [1.807, 2.05) is 36.5 Å². The van der Waals surface area contributed by atoms with E-state index in [1.54, 1.807) is 0 Å². The van der Waals surface area contributed by atoms with Gasteiger partial charge in [0.05, 0.1) is 12.3 Å². The topological polar surface area (TPSA) is 21.6 Å². The Labute approximate surface area is 145 Å². The predicted molar refractivity (Wildman–Crippen MR) is 102 cm³/mol. The molecule has 2 aromatic rings. The van der Waals surface area contributed by atoms with E-state index in [0.29, 0.717) is 12.5 Å². The summed E-state index contributed by atoms with van der Waals surface area (Å²) in [6.45, 7) is 4.92. The number of hydrogen-bond acceptors (Lipinski definition) is 2. The molecule has 2 nitrogen and oxygen atoms in total. The van der Waals surface area contributed by atoms with Crippen molar-refractivity contribution in [2.24, 2.45) is 4.99 Å². The van der Waals surface area contributed by atoms with Crippen molar-refractivity contribution in [3.63, 3.8) is 0 Å². The minimum absolute atomic E-state index is 0.629. The lowest BCUT2D eigenvalue weighted by molar-refractivity contribution is 0.327. The first-order chi connectivity index (χ1) is 11.8. The van der Waals surface area contributed by atoms with Gasteiger partial charge in [0.1, 0.15) is 5.75 Å². The normalized spacial score (nSPS) is 15.8. The molecule has 2 heteroatoms. The van der Waals surface area contributed by atoms with Crippen molar-refractivity contribution < 1.29 is 4.74 Å². The van der Waals surface area contributed by atoms with Crippen molar-refractivity contribution in [1.29, 1.82) is 0 Å². The van der Waals surface area contributed by atoms with Gasteiger partial charge in [-0.1, -0.05) is 43.5 Å². The van der Waals surface area contributed by atoms with E-state index in [2.05, 4.69) is 31.0 Å². The van der Waals surface area contributed by atoms with Gasteiger partial charge >= 0.3 is 0 Å². The average Bonchev–Trinajstić information content (AvgIpc) is 2.63. The average molecular weight is 321 g/mol. The summed E-state index contributed by atoms with van der Waals surface area (Å²) < 4.78 is 6.07. The first-order valence-electron chi connectivity index (χ1n) is 9.14. The molecule has 0 heterocycles. The fourth-order valence-electron chi connectivity index (χ4n) is 3.61. The van der Waals surface area contributed by atoms with Gasteiger partial charge in [0.2, 0.25) is 0 Å². The third-order valence-electron chi connectivity index (χ3n) is 4.73. The van der Waals surface area contributed by atoms with Crippen molar-refractivity contribution in [3.8, 4) is 5.75 Å². The molecule has 2 aromatic carbocycles. The van der Waals surface area contributed by atoms with Crippen molar-refractivity contribution >= 4 is 11.9 Å². The number of para-hydroxylation sites is 1. The summed E-state index contributed by atoms with van der Waals surface area (Å²) in [5.41, 5.74) is 4.74. The van der Waals surface area contributed by atoms with Crippen molar-refractivity contribution in [3.05, 3.63) is 59.2 Å². The lowest BCUT2D eigenvalue weighted by Gasteiger charge is -2.25. The fourth-order valence-corrected chi connectivity index (χ4v) is 3.61. The van der Waals surface area contributed by atoms with Crippen LogP contribution < -0.4 is 4.74 Å². The van der Waals surface area contributed by atoms with Crippen molar-refractivity contribution in [2.45, 2.75) is 51.9 Å². The van der Waals surface area contributed by atoms with Gasteiger partial charge in [-0.15, -0.1) is 0 Å². The number of benzene rings is 2. The molecule has 0 atom stereocenters. The molecule has 1 aliphatic rings. The second-order valence-corrected chi connectivity index (χ2v) is 6.63. The second-order valence-electron chi connectivity index (χ2n) is 6.63. The van der Waals surface area contributed by atoms with Crippen LogP contribution in [0, 0.1) is 6.92 Å². The Kier molecular flexibility index (Phi) is 5.68. The lowest BCUT2D eigenvalue weighted by Crippen LogP contribution is -2.09. The highest BCUT2D eigenvalue weighted by Gasteiger charge is 2.21. The summed E-state index contributed by atoms with van der Waals surface area (Å²) >= 11 is 0. The van der Waals surface area contributed by atoms with Gasteiger partial charge in [-0.2, -0.15) is 0 Å². The molecule has 1 fully saturated rings. The summed E-state index contributed by atoms with van der Waals surface area (Å²) in [5, 5.41) is 0. The summed E-state index contributed by atoms with van der Waals surface area (Å²) in [7, 11) is 0. The zero-order valence-corrected chi connectivity index (χ0v) is 14.8. The lowest BCUT2D eigenvalue weighted by atomic mass is 9.82. The molecule has 0 amide bonds. The molecule has 0 unspecified atom stereocenters. The Morgan fingerprint density at radius 2 is 1.83 bits per heavy atom. The van der Waals surface area contributed by atoms with Crippen LogP contribution in [0.15, 0.2) is 47.5 Å². The number of rotatable bonds is 5. The molecule has 1 saturated carbocycles. The van der Waals surface area contributed by atoms with Crippen molar-refractivity contribution in [2.75, 3.05) is 6.61 Å². The van der Waals surface area contributed by atoms with Gasteiger partial charge in [-0.25, -0.2) is 0 Å². The molecule has 0 aromatic heterocycles. The smallest absolute Gasteiger partial charge is 0.131 e. The maximum atomic E-state index is 6.07. The van der Waals surface area contributed by atoms with Crippen LogP contribution in [0.3, 0.4) is 0 Å². The third kappa shape index (κ3) is 4.05. The first kappa shape index (κ1) is 16.8. The van der Waals surface area contributed by atoms with Crippen molar-refractivity contribution in [1.82, 2.24) is 0 Å². The molecule has 3 rings (SSSR count). The van der Waals surface area contributed by atoms with Crippen LogP contribution in [0.1, 0.15) is 61.6 Å². The SMILES string of the molecule is CCOc1c(/C=N/c2ccccc2)cc(C)cc1C1CCCCC1. The van der Waals surface area contributed by atoms with Crippen LogP contribution in [0.2, 0.25) is 0 Å². The Morgan fingerprint density at radius 1 is 1.08 bits per heavy atom. The Bertz CT molecular complexity index is 685. The second kappa shape index (κ2) is 8.14. The predicted octanol–water partition coefficient (Wildman–Crippen LogP) is 6.19. The van der Waals surface area contributed by atoms with E-state index in [4.69, 9.17) is 4.74 Å². The fraction of sp³-hybridized carbons (Fsp3) is 0.409. The number of aliphatic imine (C=N–C) groups is 1. The van der Waals surface area contributed by atoms with Gasteiger partial charge < -0.3 is 4.74 Å². The van der Waals surface area contributed by atoms with Crippen LogP contribution in [0.25, 0.3) is 0 Å². The van der Waals surface area contributed by atoms with E-state index in [0.717, 1.165) is 17.0 Å². The summed E-state index contributed by atoms with van der Waals surface area (Å²) in [5.74, 6) is 1.67. The minimum Gasteiger partial charge on any atom is -0.493 e. The van der Waals surface area contributed by atoms with Gasteiger partial charge in [-0.3, -0.25) is 4.99 Å². The molecule has 0 spiro atoms. The standard InChI is InChI=1S/C22H27NO/c1-3-24-22-19(16-23-20-12-8-5-9-13-20)14-17(2)15-21(22)18-10-6-4-7-11-18/h5,8-9,12-16,18H,3-4,6-7,10-11H2,1-2H3/b23-16+. The Hall–Kier alpha value is -2.09. The van der Waals surface area contributed by atoms with Crippen LogP contribution in [-0.2, 0) is 0 Å². The van der Waals surface area contributed by atoms with Gasteiger partial charge in [-0.05, 0) is 61.9 Å². The maximum Gasteiger partial charge on any atom is 0.131 e. The molecule has 0 bridgehead atoms. The van der Waals surface area contributed by atoms with E-state index < -0.39 is 0 Å². The van der Waals surface area contributed by atoms with E-state index >= 15 is 0 Å². The van der Waals surface area contributed by atoms with Gasteiger partial charge in [0.25, 0.3) is 0 Å². The van der Waals surface area contributed by atoms with Crippen LogP contribution in [0.5, 0.6) is 5.75 Å². The summed E-state index contributed by atoms with van der Waals surface area (Å²) in [6.07, 6.45) is 8.54. The number of nitrogens with zero attached hydrogens (tertiary/aromatic N) is 1. The third-order valence-corrected chi connectivity index (χ3v) is 4.73. The van der Waals surface area contributed by atoms with E-state index in [1.165, 1.54) is 43.2 Å². The number of ether oxygens (including phenoxy) is 1. The summed E-state index contributed by atoms with van der Waals surface area (Å²) in [4.78, 5) is 4.64. The zero-order valence-electron chi connectivity index (χ0n) is 14.8. The van der Waals surface area contributed by atoms with Crippen LogP contribution >= 0.6 is 0 Å². The monoisotopic (exact) mass is 321 g/mol. The zero-order chi connectivity index (χ0) is 16.8. The largest absolute Gasteiger partial charge is 0.493 e. The Balaban J connectivity index is 1.97. The molecule has 1 aliphatic carbocycles. The number of hydrogen-bond donors (Lipinski definition) is 0. The van der Waals surface area contributed by atoms with Gasteiger partial charge in [0, 0.05) is 11.8 Å². The van der Waals surface area contributed by atoms with Crippen LogP contribution in [0.4, 0.5) is 5.69 Å². The molecule has 0 aliphatic heterocycles. The highest BCUT2D eigenvalue weighted by molar-refractivity contribution is 5.86. The van der Waals surface area contributed by atoms with Gasteiger partial charge in [0.15, 0.2) is 0 Å².